The van der Waals surface area contributed by atoms with Gasteiger partial charge in [-0.05, 0) is 5.92 Å². The average molecular weight is 220 g/mol. The summed E-state index contributed by atoms with van der Waals surface area (Å²) in [6.07, 6.45) is -5.54. The van der Waals surface area contributed by atoms with Gasteiger partial charge in [-0.1, -0.05) is 13.8 Å². The smallest absolute Gasteiger partial charge is 0.155 e. The van der Waals surface area contributed by atoms with Gasteiger partial charge in [-0.2, -0.15) is 0 Å². The first-order valence-electron chi connectivity index (χ1n) is 5.08. The molecule has 4 nitrogen and oxygen atoms in total. The first kappa shape index (κ1) is 12.5. The number of ether oxygens (including phenoxy) is 1. The molecule has 15 heavy (non-hydrogen) atoms. The van der Waals surface area contributed by atoms with Gasteiger partial charge in [-0.3, -0.25) is 0 Å². The van der Waals surface area contributed by atoms with Crippen LogP contribution >= 0.6 is 0 Å². The highest BCUT2D eigenvalue weighted by molar-refractivity contribution is 5.50. The van der Waals surface area contributed by atoms with Crippen LogP contribution in [0.25, 0.3) is 0 Å². The molecule has 5 heteroatoms. The van der Waals surface area contributed by atoms with Crippen molar-refractivity contribution in [3.63, 3.8) is 0 Å². The summed E-state index contributed by atoms with van der Waals surface area (Å²) in [5.41, 5.74) is 0. The zero-order chi connectivity index (χ0) is 11.6. The molecule has 1 saturated heterocycles. The Labute approximate surface area is 88.0 Å². The highest BCUT2D eigenvalue weighted by Gasteiger charge is 2.45. The molecule has 1 aliphatic heterocycles. The maximum Gasteiger partial charge on any atom is 0.155 e. The van der Waals surface area contributed by atoms with Crippen molar-refractivity contribution in [1.82, 2.24) is 0 Å². The predicted octanol–water partition coefficient (Wildman–Crippen LogP) is 0.0587. The molecule has 0 aliphatic carbocycles. The van der Waals surface area contributed by atoms with Gasteiger partial charge in [0, 0.05) is 6.42 Å². The van der Waals surface area contributed by atoms with Gasteiger partial charge in [0.15, 0.2) is 6.17 Å². The molecule has 0 bridgehead atoms. The Morgan fingerprint density at radius 2 is 2.00 bits per heavy atom. The number of alkyl halides is 1. The largest absolute Gasteiger partial charge is 0.388 e. The minimum absolute atomic E-state index is 0.0451. The number of halogens is 1. The summed E-state index contributed by atoms with van der Waals surface area (Å²) in [6.45, 7) is 3.61. The molecule has 0 aromatic heterocycles. The first-order valence-corrected chi connectivity index (χ1v) is 5.08. The summed E-state index contributed by atoms with van der Waals surface area (Å²) in [6, 6.07) is 0. The third kappa shape index (κ3) is 2.53. The van der Waals surface area contributed by atoms with Crippen LogP contribution < -0.4 is 0 Å². The zero-order valence-electron chi connectivity index (χ0n) is 8.84. The molecule has 0 amide bonds. The Balaban J connectivity index is 2.75. The van der Waals surface area contributed by atoms with Gasteiger partial charge < -0.3 is 19.7 Å². The van der Waals surface area contributed by atoms with E-state index in [4.69, 9.17) is 4.74 Å². The molecule has 0 aromatic rings. The molecular weight excluding hydrogens is 203 g/mol. The van der Waals surface area contributed by atoms with Gasteiger partial charge in [0.2, 0.25) is 0 Å². The fraction of sp³-hybridized carbons (Fsp3) is 0.900. The topological polar surface area (TPSA) is 66.8 Å². The number of hydrogen-bond donors (Lipinski definition) is 2. The quantitative estimate of drug-likeness (QED) is 0.660. The van der Waals surface area contributed by atoms with Gasteiger partial charge in [-0.15, -0.1) is 0 Å². The van der Waals surface area contributed by atoms with Crippen molar-refractivity contribution >= 4 is 6.29 Å². The summed E-state index contributed by atoms with van der Waals surface area (Å²) in [7, 11) is 0. The van der Waals surface area contributed by atoms with Crippen LogP contribution in [-0.4, -0.2) is 47.1 Å². The monoisotopic (exact) mass is 220 g/mol. The van der Waals surface area contributed by atoms with Crippen LogP contribution in [-0.2, 0) is 9.53 Å². The Morgan fingerprint density at radius 3 is 2.47 bits per heavy atom. The molecule has 1 unspecified atom stereocenters. The number of aldehydes is 1. The highest BCUT2D eigenvalue weighted by atomic mass is 19.1. The summed E-state index contributed by atoms with van der Waals surface area (Å²) in [5, 5.41) is 19.0. The van der Waals surface area contributed by atoms with Crippen molar-refractivity contribution < 1.29 is 24.1 Å². The number of rotatable bonds is 3. The van der Waals surface area contributed by atoms with E-state index in [0.717, 1.165) is 0 Å². The van der Waals surface area contributed by atoms with Crippen LogP contribution in [0.15, 0.2) is 0 Å². The Bertz CT molecular complexity index is 221. The third-order valence-corrected chi connectivity index (χ3v) is 2.69. The van der Waals surface area contributed by atoms with E-state index in [0.29, 0.717) is 6.29 Å². The van der Waals surface area contributed by atoms with E-state index in [1.165, 1.54) is 0 Å². The Morgan fingerprint density at radius 1 is 1.40 bits per heavy atom. The summed E-state index contributed by atoms with van der Waals surface area (Å²) in [4.78, 5) is 10.3. The van der Waals surface area contributed by atoms with Crippen LogP contribution in [0.4, 0.5) is 4.39 Å². The highest BCUT2D eigenvalue weighted by Crippen LogP contribution is 2.28. The van der Waals surface area contributed by atoms with E-state index in [1.54, 1.807) is 13.8 Å². The van der Waals surface area contributed by atoms with Crippen molar-refractivity contribution in [1.29, 1.82) is 0 Å². The standard InChI is InChI=1S/C10H17FO4/c1-5(2)10-9(14)8(13)7(11)6(15-10)3-4-12/h4-10,13-14H,3H2,1-2H3/t6-,7-,8+,9-,10?/m1/s1. The fourth-order valence-corrected chi connectivity index (χ4v) is 1.79. The summed E-state index contributed by atoms with van der Waals surface area (Å²) in [5.74, 6) is -0.0451. The Kier molecular flexibility index (Phi) is 4.19. The van der Waals surface area contributed by atoms with E-state index in [2.05, 4.69) is 0 Å². The van der Waals surface area contributed by atoms with Crippen molar-refractivity contribution in [3.05, 3.63) is 0 Å². The molecule has 0 aromatic carbocycles. The van der Waals surface area contributed by atoms with Crippen LogP contribution in [0.1, 0.15) is 20.3 Å². The van der Waals surface area contributed by atoms with E-state index in [-0.39, 0.29) is 12.3 Å². The van der Waals surface area contributed by atoms with Crippen molar-refractivity contribution in [2.75, 3.05) is 0 Å². The van der Waals surface area contributed by atoms with Crippen LogP contribution in [0, 0.1) is 5.92 Å². The normalized spacial score (nSPS) is 41.9. The SMILES string of the molecule is CC(C)C1O[C@H](CC=O)[C@@H](F)[C@H](O)[C@H]1O. The zero-order valence-corrected chi connectivity index (χ0v) is 8.84. The molecule has 88 valence electrons. The van der Waals surface area contributed by atoms with Gasteiger partial charge in [0.1, 0.15) is 18.5 Å². The van der Waals surface area contributed by atoms with Gasteiger partial charge >= 0.3 is 0 Å². The van der Waals surface area contributed by atoms with Crippen LogP contribution in [0.2, 0.25) is 0 Å². The molecule has 1 rings (SSSR count). The van der Waals surface area contributed by atoms with Crippen LogP contribution in [0.5, 0.6) is 0 Å². The summed E-state index contributed by atoms with van der Waals surface area (Å²) < 4.78 is 18.7. The molecule has 0 spiro atoms. The fourth-order valence-electron chi connectivity index (χ4n) is 1.79. The first-order chi connectivity index (χ1) is 6.99. The lowest BCUT2D eigenvalue weighted by Crippen LogP contribution is -2.57. The van der Waals surface area contributed by atoms with Crippen molar-refractivity contribution in [3.8, 4) is 0 Å². The second-order valence-electron chi connectivity index (χ2n) is 4.21. The second-order valence-corrected chi connectivity index (χ2v) is 4.21. The molecule has 2 N–H and O–H groups in total. The van der Waals surface area contributed by atoms with Gasteiger partial charge in [-0.25, -0.2) is 4.39 Å². The Hall–Kier alpha value is -0.520. The number of hydrogen-bond acceptors (Lipinski definition) is 4. The number of carbonyl (C=O) groups excluding carboxylic acids is 1. The van der Waals surface area contributed by atoms with Gasteiger partial charge in [0.25, 0.3) is 0 Å². The molecular formula is C10H17FO4. The van der Waals surface area contributed by atoms with Crippen molar-refractivity contribution in [2.45, 2.75) is 50.9 Å². The van der Waals surface area contributed by atoms with Crippen LogP contribution in [0.3, 0.4) is 0 Å². The average Bonchev–Trinajstić information content (AvgIpc) is 2.18. The van der Waals surface area contributed by atoms with Crippen molar-refractivity contribution in [2.24, 2.45) is 5.92 Å². The molecule has 1 aliphatic rings. The predicted molar refractivity (Wildman–Crippen MR) is 51.1 cm³/mol. The maximum absolute atomic E-state index is 13.4. The molecule has 1 heterocycles. The molecule has 0 saturated carbocycles. The molecule has 0 radical (unpaired) electrons. The lowest BCUT2D eigenvalue weighted by atomic mass is 9.89. The minimum atomic E-state index is -1.71. The lowest BCUT2D eigenvalue weighted by molar-refractivity contribution is -0.214. The number of carbonyl (C=O) groups is 1. The summed E-state index contributed by atoms with van der Waals surface area (Å²) >= 11 is 0. The van der Waals surface area contributed by atoms with E-state index >= 15 is 0 Å². The minimum Gasteiger partial charge on any atom is -0.388 e. The third-order valence-electron chi connectivity index (χ3n) is 2.69. The second kappa shape index (κ2) is 5.01. The number of aliphatic hydroxyl groups excluding tert-OH is 2. The maximum atomic E-state index is 13.4. The van der Waals surface area contributed by atoms with Gasteiger partial charge in [0.05, 0.1) is 12.2 Å². The number of aliphatic hydroxyl groups is 2. The lowest BCUT2D eigenvalue weighted by Gasteiger charge is -2.40. The molecule has 5 atom stereocenters. The van der Waals surface area contributed by atoms with E-state index < -0.39 is 30.6 Å². The van der Waals surface area contributed by atoms with E-state index in [1.807, 2.05) is 0 Å². The molecule has 1 fully saturated rings. The van der Waals surface area contributed by atoms with E-state index in [9.17, 15) is 19.4 Å².